The van der Waals surface area contributed by atoms with Crippen LogP contribution in [-0.4, -0.2) is 32.3 Å². The third kappa shape index (κ3) is 3.91. The number of hydrogen-bond acceptors (Lipinski definition) is 3. The molecule has 0 radical (unpaired) electrons. The minimum atomic E-state index is 0.729. The lowest BCUT2D eigenvalue weighted by Crippen LogP contribution is -2.39. The van der Waals surface area contributed by atoms with E-state index in [0.717, 1.165) is 50.4 Å². The van der Waals surface area contributed by atoms with Gasteiger partial charge in [0.05, 0.1) is 12.3 Å². The summed E-state index contributed by atoms with van der Waals surface area (Å²) in [5.41, 5.74) is 1.26. The van der Waals surface area contributed by atoms with Crippen LogP contribution in [0, 0.1) is 5.92 Å². The lowest BCUT2D eigenvalue weighted by atomic mass is 9.87. The number of anilines is 1. The molecule has 0 amide bonds. The molecular formula is C18H28N2O. The van der Waals surface area contributed by atoms with E-state index in [1.54, 1.807) is 0 Å². The number of nitrogens with one attached hydrogen (secondary N) is 1. The van der Waals surface area contributed by atoms with Crippen molar-refractivity contribution in [2.75, 3.05) is 31.1 Å². The third-order valence-corrected chi connectivity index (χ3v) is 4.79. The molecule has 1 aromatic carbocycles. The van der Waals surface area contributed by atoms with Crippen molar-refractivity contribution >= 4 is 5.69 Å². The Morgan fingerprint density at radius 1 is 1.24 bits per heavy atom. The zero-order valence-corrected chi connectivity index (χ0v) is 13.2. The van der Waals surface area contributed by atoms with E-state index in [4.69, 9.17) is 4.74 Å². The Hall–Kier alpha value is -1.22. The van der Waals surface area contributed by atoms with Gasteiger partial charge in [-0.3, -0.25) is 0 Å². The van der Waals surface area contributed by atoms with Gasteiger partial charge in [0.2, 0.25) is 0 Å². The van der Waals surface area contributed by atoms with Gasteiger partial charge in [-0.05, 0) is 37.3 Å². The summed E-state index contributed by atoms with van der Waals surface area (Å²) in [5.74, 6) is 1.94. The Bertz CT molecular complexity index is 449. The van der Waals surface area contributed by atoms with Crippen molar-refractivity contribution in [3.8, 4) is 5.75 Å². The number of ether oxygens (including phenoxy) is 1. The maximum absolute atomic E-state index is 5.83. The quantitative estimate of drug-likeness (QED) is 0.918. The van der Waals surface area contributed by atoms with Gasteiger partial charge >= 0.3 is 0 Å². The van der Waals surface area contributed by atoms with Gasteiger partial charge in [-0.1, -0.05) is 31.9 Å². The van der Waals surface area contributed by atoms with Crippen LogP contribution in [0.2, 0.25) is 0 Å². The molecule has 1 aliphatic heterocycles. The van der Waals surface area contributed by atoms with Crippen molar-refractivity contribution in [1.82, 2.24) is 5.32 Å². The van der Waals surface area contributed by atoms with Gasteiger partial charge in [0.15, 0.2) is 0 Å². The van der Waals surface area contributed by atoms with E-state index in [9.17, 15) is 0 Å². The second-order valence-corrected chi connectivity index (χ2v) is 6.58. The average molecular weight is 288 g/mol. The molecule has 1 aromatic rings. The van der Waals surface area contributed by atoms with Gasteiger partial charge < -0.3 is 15.0 Å². The average Bonchev–Trinajstić information content (AvgIpc) is 2.70. The standard InChI is InChI=1S/C18H28N2O/c1-15-6-4-7-16(14-15)19-10-12-20-11-5-13-21-18-9-3-2-8-17(18)20/h2-3,8-9,15-16,19H,4-7,10-14H2,1H3. The lowest BCUT2D eigenvalue weighted by Gasteiger charge is -2.29. The Morgan fingerprint density at radius 2 is 2.14 bits per heavy atom. The van der Waals surface area contributed by atoms with Crippen molar-refractivity contribution in [3.05, 3.63) is 24.3 Å². The van der Waals surface area contributed by atoms with Crippen LogP contribution >= 0.6 is 0 Å². The predicted molar refractivity (Wildman–Crippen MR) is 88.2 cm³/mol. The fourth-order valence-corrected chi connectivity index (χ4v) is 3.65. The lowest BCUT2D eigenvalue weighted by molar-refractivity contribution is 0.303. The number of para-hydroxylation sites is 2. The van der Waals surface area contributed by atoms with Gasteiger partial charge in [0, 0.05) is 25.7 Å². The van der Waals surface area contributed by atoms with E-state index < -0.39 is 0 Å². The van der Waals surface area contributed by atoms with Crippen LogP contribution in [0.15, 0.2) is 24.3 Å². The van der Waals surface area contributed by atoms with E-state index in [0.29, 0.717) is 0 Å². The molecule has 2 atom stereocenters. The molecule has 1 heterocycles. The summed E-state index contributed by atoms with van der Waals surface area (Å²) in [6.45, 7) is 6.47. The largest absolute Gasteiger partial charge is 0.491 e. The van der Waals surface area contributed by atoms with Crippen molar-refractivity contribution in [1.29, 1.82) is 0 Å². The van der Waals surface area contributed by atoms with Gasteiger partial charge in [-0.2, -0.15) is 0 Å². The summed E-state index contributed by atoms with van der Waals surface area (Å²) in [6, 6.07) is 9.17. The van der Waals surface area contributed by atoms with E-state index in [2.05, 4.69) is 41.4 Å². The minimum Gasteiger partial charge on any atom is -0.491 e. The first-order valence-corrected chi connectivity index (χ1v) is 8.53. The molecule has 2 unspecified atom stereocenters. The first kappa shape index (κ1) is 14.7. The van der Waals surface area contributed by atoms with Gasteiger partial charge in [-0.25, -0.2) is 0 Å². The molecule has 1 aliphatic carbocycles. The maximum Gasteiger partial charge on any atom is 0.142 e. The molecule has 1 N–H and O–H groups in total. The van der Waals surface area contributed by atoms with Crippen LogP contribution in [0.3, 0.4) is 0 Å². The Balaban J connectivity index is 1.53. The van der Waals surface area contributed by atoms with Crippen molar-refractivity contribution < 1.29 is 4.74 Å². The SMILES string of the molecule is CC1CCCC(NCCN2CCCOc3ccccc32)C1. The molecule has 0 saturated heterocycles. The molecule has 3 heteroatoms. The number of fused-ring (bicyclic) bond motifs is 1. The normalized spacial score (nSPS) is 25.9. The molecule has 3 rings (SSSR count). The highest BCUT2D eigenvalue weighted by molar-refractivity contribution is 5.58. The van der Waals surface area contributed by atoms with Crippen molar-refractivity contribution in [3.63, 3.8) is 0 Å². The Morgan fingerprint density at radius 3 is 3.05 bits per heavy atom. The molecule has 0 bridgehead atoms. The fourth-order valence-electron chi connectivity index (χ4n) is 3.65. The molecule has 0 spiro atoms. The summed E-state index contributed by atoms with van der Waals surface area (Å²) in [6.07, 6.45) is 6.60. The maximum atomic E-state index is 5.83. The number of benzene rings is 1. The molecule has 3 nitrogen and oxygen atoms in total. The minimum absolute atomic E-state index is 0.729. The van der Waals surface area contributed by atoms with Crippen molar-refractivity contribution in [2.45, 2.75) is 45.1 Å². The topological polar surface area (TPSA) is 24.5 Å². The Kier molecular flexibility index (Phi) is 5.02. The highest BCUT2D eigenvalue weighted by Gasteiger charge is 2.19. The second-order valence-electron chi connectivity index (χ2n) is 6.58. The van der Waals surface area contributed by atoms with E-state index in [1.165, 1.54) is 31.4 Å². The molecular weight excluding hydrogens is 260 g/mol. The second kappa shape index (κ2) is 7.17. The van der Waals surface area contributed by atoms with E-state index in [1.807, 2.05) is 0 Å². The molecule has 1 saturated carbocycles. The van der Waals surface area contributed by atoms with Crippen molar-refractivity contribution in [2.24, 2.45) is 5.92 Å². The zero-order chi connectivity index (χ0) is 14.5. The molecule has 116 valence electrons. The monoisotopic (exact) mass is 288 g/mol. The van der Waals surface area contributed by atoms with E-state index in [-0.39, 0.29) is 0 Å². The van der Waals surface area contributed by atoms with Crippen LogP contribution in [0.5, 0.6) is 5.75 Å². The van der Waals surface area contributed by atoms with Crippen LogP contribution in [0.25, 0.3) is 0 Å². The van der Waals surface area contributed by atoms with Crippen LogP contribution in [0.1, 0.15) is 39.0 Å². The molecule has 2 aliphatic rings. The summed E-state index contributed by atoms with van der Waals surface area (Å²) in [4.78, 5) is 2.47. The highest BCUT2D eigenvalue weighted by Crippen LogP contribution is 2.30. The van der Waals surface area contributed by atoms with Gasteiger partial charge in [0.25, 0.3) is 0 Å². The smallest absolute Gasteiger partial charge is 0.142 e. The van der Waals surface area contributed by atoms with E-state index >= 15 is 0 Å². The van der Waals surface area contributed by atoms with Gasteiger partial charge in [0.1, 0.15) is 5.75 Å². The third-order valence-electron chi connectivity index (χ3n) is 4.79. The summed E-state index contributed by atoms with van der Waals surface area (Å²) >= 11 is 0. The summed E-state index contributed by atoms with van der Waals surface area (Å²) in [7, 11) is 0. The number of rotatable bonds is 4. The molecule has 1 fully saturated rings. The predicted octanol–water partition coefficient (Wildman–Crippen LogP) is 3.44. The van der Waals surface area contributed by atoms with Crippen LogP contribution in [-0.2, 0) is 0 Å². The summed E-state index contributed by atoms with van der Waals surface area (Å²) < 4.78 is 5.83. The molecule has 21 heavy (non-hydrogen) atoms. The first-order valence-electron chi connectivity index (χ1n) is 8.53. The molecule has 0 aromatic heterocycles. The summed E-state index contributed by atoms with van der Waals surface area (Å²) in [5, 5.41) is 3.77. The van der Waals surface area contributed by atoms with Crippen LogP contribution in [0.4, 0.5) is 5.69 Å². The first-order chi connectivity index (χ1) is 10.3. The zero-order valence-electron chi connectivity index (χ0n) is 13.2. The van der Waals surface area contributed by atoms with Crippen LogP contribution < -0.4 is 15.0 Å². The number of nitrogens with zero attached hydrogens (tertiary/aromatic N) is 1. The fraction of sp³-hybridized carbons (Fsp3) is 0.667. The van der Waals surface area contributed by atoms with Gasteiger partial charge in [-0.15, -0.1) is 0 Å². The highest BCUT2D eigenvalue weighted by atomic mass is 16.5. The Labute approximate surface area is 128 Å². The number of hydrogen-bond donors (Lipinski definition) is 1.